The summed E-state index contributed by atoms with van der Waals surface area (Å²) in [5.41, 5.74) is 1.14. The Labute approximate surface area is 188 Å². The van der Waals surface area contributed by atoms with Crippen LogP contribution in [-0.2, 0) is 6.42 Å². The molecule has 1 fully saturated rings. The zero-order valence-electron chi connectivity index (χ0n) is 18.4. The molecule has 0 atom stereocenters. The molecule has 2 aromatic carbocycles. The Morgan fingerprint density at radius 1 is 1.16 bits per heavy atom. The lowest BCUT2D eigenvalue weighted by Gasteiger charge is -2.61. The van der Waals surface area contributed by atoms with Gasteiger partial charge in [0.15, 0.2) is 0 Å². The molecule has 31 heavy (non-hydrogen) atoms. The molecule has 0 saturated heterocycles. The van der Waals surface area contributed by atoms with Crippen molar-refractivity contribution < 1.29 is 14.6 Å². The number of phenolic OH excluding ortho intramolecular Hbond substituents is 1. The first kappa shape index (κ1) is 22.7. The van der Waals surface area contributed by atoms with Gasteiger partial charge in [-0.05, 0) is 48.2 Å². The van der Waals surface area contributed by atoms with Crippen LogP contribution in [0.5, 0.6) is 11.5 Å². The van der Waals surface area contributed by atoms with Crippen LogP contribution in [0.1, 0.15) is 56.1 Å². The van der Waals surface area contributed by atoms with Crippen LogP contribution in [0.4, 0.5) is 0 Å². The number of hydrogen-bond acceptors (Lipinski definition) is 4. The summed E-state index contributed by atoms with van der Waals surface area (Å²) in [4.78, 5) is 12.7. The molecule has 0 unspecified atom stereocenters. The van der Waals surface area contributed by atoms with Crippen LogP contribution in [0.15, 0.2) is 36.4 Å². The number of halogens is 1. The molecule has 1 aliphatic rings. The third-order valence-electron chi connectivity index (χ3n) is 6.20. The Bertz CT molecular complexity index is 1120. The molecule has 0 bridgehead atoms. The molecule has 0 radical (unpaired) electrons. The predicted molar refractivity (Wildman–Crippen MR) is 121 cm³/mol. The summed E-state index contributed by atoms with van der Waals surface area (Å²) >= 11 is 6.14. The average Bonchev–Trinajstić information content (AvgIpc) is 2.71. The second kappa shape index (κ2) is 8.29. The van der Waals surface area contributed by atoms with E-state index in [4.69, 9.17) is 21.6 Å². The van der Waals surface area contributed by atoms with Crippen LogP contribution >= 0.6 is 11.6 Å². The minimum absolute atomic E-state index is 0.0509. The summed E-state index contributed by atoms with van der Waals surface area (Å²) in [5.74, 6) is 6.48. The largest absolute Gasteiger partial charge is 0.508 e. The summed E-state index contributed by atoms with van der Waals surface area (Å²) in [5, 5.41) is 19.1. The fraction of sp³-hybridized carbons (Fsp3) is 0.385. The van der Waals surface area contributed by atoms with E-state index in [9.17, 15) is 9.90 Å². The van der Waals surface area contributed by atoms with E-state index >= 15 is 0 Å². The lowest BCUT2D eigenvalue weighted by atomic mass is 9.46. The van der Waals surface area contributed by atoms with Gasteiger partial charge < -0.3 is 9.84 Å². The van der Waals surface area contributed by atoms with Crippen molar-refractivity contribution in [1.29, 1.82) is 5.26 Å². The molecule has 1 saturated carbocycles. The zero-order valence-corrected chi connectivity index (χ0v) is 19.2. The lowest BCUT2D eigenvalue weighted by molar-refractivity contribution is -0.172. The number of aromatic hydroxyl groups is 1. The topological polar surface area (TPSA) is 70.3 Å². The molecule has 5 heteroatoms. The maximum absolute atomic E-state index is 12.7. The Hall–Kier alpha value is -2.95. The minimum Gasteiger partial charge on any atom is -0.508 e. The number of aryl methyl sites for hydroxylation is 1. The third-order valence-corrected chi connectivity index (χ3v) is 6.51. The van der Waals surface area contributed by atoms with Crippen molar-refractivity contribution in [2.24, 2.45) is 16.7 Å². The van der Waals surface area contributed by atoms with E-state index in [1.165, 1.54) is 6.07 Å². The zero-order chi connectivity index (χ0) is 23.0. The molecule has 0 spiro atoms. The molecule has 1 aliphatic carbocycles. The Morgan fingerprint density at radius 2 is 1.84 bits per heavy atom. The number of rotatable bonds is 4. The van der Waals surface area contributed by atoms with Gasteiger partial charge >= 0.3 is 0 Å². The van der Waals surface area contributed by atoms with Crippen molar-refractivity contribution in [1.82, 2.24) is 0 Å². The first-order valence-corrected chi connectivity index (χ1v) is 10.6. The second-order valence-corrected chi connectivity index (χ2v) is 9.53. The molecule has 0 aromatic heterocycles. The van der Waals surface area contributed by atoms with Gasteiger partial charge in [-0.3, -0.25) is 4.79 Å². The van der Waals surface area contributed by atoms with Gasteiger partial charge in [0, 0.05) is 28.4 Å². The number of nitriles is 1. The third kappa shape index (κ3) is 4.14. The second-order valence-electron chi connectivity index (χ2n) is 9.12. The number of ketones is 1. The van der Waals surface area contributed by atoms with Crippen LogP contribution in [0, 0.1) is 39.9 Å². The van der Waals surface area contributed by atoms with Crippen LogP contribution in [0.25, 0.3) is 0 Å². The number of ether oxygens (including phenoxy) is 1. The number of carbonyl (C=O) groups is 1. The van der Waals surface area contributed by atoms with E-state index in [2.05, 4.69) is 39.5 Å². The van der Waals surface area contributed by atoms with E-state index < -0.39 is 0 Å². The fourth-order valence-corrected chi connectivity index (χ4v) is 5.11. The van der Waals surface area contributed by atoms with Gasteiger partial charge in [0.25, 0.3) is 0 Å². The van der Waals surface area contributed by atoms with Crippen molar-refractivity contribution >= 4 is 17.4 Å². The standard InChI is InChI=1S/C26H26ClNO3/c1-6-16-13-18(29)8-10-20(16)22(30)11-12-23-25(2,3)24(26(23,4)5)31-19-9-7-17(15-28)21(27)14-19/h7-10,13-14,23-24,29H,6H2,1-5H3. The van der Waals surface area contributed by atoms with E-state index in [1.54, 1.807) is 30.3 Å². The summed E-state index contributed by atoms with van der Waals surface area (Å²) in [7, 11) is 0. The molecule has 0 aliphatic heterocycles. The van der Waals surface area contributed by atoms with Crippen molar-refractivity contribution in [2.45, 2.75) is 47.1 Å². The Kier molecular flexibility index (Phi) is 6.08. The van der Waals surface area contributed by atoms with Gasteiger partial charge in [0.2, 0.25) is 5.78 Å². The lowest BCUT2D eigenvalue weighted by Crippen LogP contribution is -2.65. The van der Waals surface area contributed by atoms with Gasteiger partial charge in [0.1, 0.15) is 23.7 Å². The maximum atomic E-state index is 12.7. The number of hydrogen-bond donors (Lipinski definition) is 1. The molecular formula is C26H26ClNO3. The number of phenols is 1. The summed E-state index contributed by atoms with van der Waals surface area (Å²) in [6, 6.07) is 11.8. The molecule has 160 valence electrons. The molecule has 4 nitrogen and oxygen atoms in total. The number of nitrogens with zero attached hydrogens (tertiary/aromatic N) is 1. The number of Topliss-reactive ketones (excluding diaryl/α,β-unsaturated/α-hetero) is 1. The smallest absolute Gasteiger partial charge is 0.236 e. The quantitative estimate of drug-likeness (QED) is 0.374. The van der Waals surface area contributed by atoms with Crippen LogP contribution in [0.2, 0.25) is 5.02 Å². The first-order chi connectivity index (χ1) is 14.5. The van der Waals surface area contributed by atoms with E-state index in [-0.39, 0.29) is 34.4 Å². The van der Waals surface area contributed by atoms with E-state index in [0.29, 0.717) is 28.3 Å². The molecule has 0 amide bonds. The number of carbonyl (C=O) groups excluding carboxylic acids is 1. The highest BCUT2D eigenvalue weighted by Crippen LogP contribution is 2.60. The highest BCUT2D eigenvalue weighted by atomic mass is 35.5. The highest BCUT2D eigenvalue weighted by molar-refractivity contribution is 6.31. The van der Waals surface area contributed by atoms with Crippen molar-refractivity contribution in [3.05, 3.63) is 58.1 Å². The maximum Gasteiger partial charge on any atom is 0.236 e. The fourth-order valence-electron chi connectivity index (χ4n) is 4.89. The van der Waals surface area contributed by atoms with Crippen LogP contribution < -0.4 is 4.74 Å². The van der Waals surface area contributed by atoms with E-state index in [1.807, 2.05) is 13.0 Å². The highest BCUT2D eigenvalue weighted by Gasteiger charge is 2.63. The number of benzene rings is 2. The molecule has 1 N–H and O–H groups in total. The van der Waals surface area contributed by atoms with Crippen molar-refractivity contribution in [3.63, 3.8) is 0 Å². The van der Waals surface area contributed by atoms with Crippen LogP contribution in [0.3, 0.4) is 0 Å². The van der Waals surface area contributed by atoms with Gasteiger partial charge in [-0.2, -0.15) is 5.26 Å². The molecule has 3 rings (SSSR count). The van der Waals surface area contributed by atoms with Crippen LogP contribution in [-0.4, -0.2) is 17.0 Å². The molecule has 2 aromatic rings. The molecule has 0 heterocycles. The Morgan fingerprint density at radius 3 is 2.42 bits per heavy atom. The van der Waals surface area contributed by atoms with Gasteiger partial charge in [0.05, 0.1) is 10.6 Å². The summed E-state index contributed by atoms with van der Waals surface area (Å²) < 4.78 is 6.26. The van der Waals surface area contributed by atoms with Gasteiger partial charge in [-0.1, -0.05) is 52.1 Å². The monoisotopic (exact) mass is 435 g/mol. The van der Waals surface area contributed by atoms with E-state index in [0.717, 1.165) is 5.56 Å². The van der Waals surface area contributed by atoms with Gasteiger partial charge in [-0.25, -0.2) is 0 Å². The predicted octanol–water partition coefficient (Wildman–Crippen LogP) is 5.80. The SMILES string of the molecule is CCc1cc(O)ccc1C(=O)C#CC1C(C)(C)C(Oc2ccc(C#N)c(Cl)c2)C1(C)C. The minimum atomic E-state index is -0.292. The first-order valence-electron chi connectivity index (χ1n) is 10.3. The van der Waals surface area contributed by atoms with Gasteiger partial charge in [-0.15, -0.1) is 0 Å². The van der Waals surface area contributed by atoms with Crippen molar-refractivity contribution in [2.75, 3.05) is 0 Å². The average molecular weight is 436 g/mol. The van der Waals surface area contributed by atoms with Crippen molar-refractivity contribution in [3.8, 4) is 29.4 Å². The summed E-state index contributed by atoms with van der Waals surface area (Å²) in [6.07, 6.45) is 0.499. The summed E-state index contributed by atoms with van der Waals surface area (Å²) in [6.45, 7) is 10.3. The molecular weight excluding hydrogens is 410 g/mol. The normalized spacial score (nSPS) is 20.5. The Balaban J connectivity index is 1.82.